The monoisotopic (exact) mass is 349 g/mol. The van der Waals surface area contributed by atoms with E-state index in [1.165, 1.54) is 12.0 Å². The summed E-state index contributed by atoms with van der Waals surface area (Å²) < 4.78 is 0. The standard InChI is InChI=1S/C20H23N5O/c1-14-8-19(22-13-21-14)23-10-16-9-17(11-23)25(16)12-20(26)24-7-6-15-4-2-3-5-18(15)24/h2-5,8,13,16-17H,6-7,9-12H2,1H3. The van der Waals surface area contributed by atoms with E-state index in [1.807, 2.05) is 24.0 Å². The average molecular weight is 349 g/mol. The van der Waals surface area contributed by atoms with Crippen LogP contribution in [0.15, 0.2) is 36.7 Å². The Kier molecular flexibility index (Phi) is 3.67. The van der Waals surface area contributed by atoms with E-state index < -0.39 is 0 Å². The highest BCUT2D eigenvalue weighted by Gasteiger charge is 2.46. The molecule has 3 saturated heterocycles. The Morgan fingerprint density at radius 1 is 1.19 bits per heavy atom. The van der Waals surface area contributed by atoms with E-state index in [1.54, 1.807) is 6.33 Å². The summed E-state index contributed by atoms with van der Waals surface area (Å²) in [4.78, 5) is 28.2. The SMILES string of the molecule is Cc1cc(N2CC3CC(C2)N3CC(=O)N2CCc3ccccc32)ncn1. The number of fused-ring (bicyclic) bond motifs is 3. The van der Waals surface area contributed by atoms with Gasteiger partial charge in [0, 0.05) is 49.2 Å². The fourth-order valence-electron chi connectivity index (χ4n) is 4.58. The van der Waals surface area contributed by atoms with Gasteiger partial charge in [-0.25, -0.2) is 9.97 Å². The first-order valence-corrected chi connectivity index (χ1v) is 9.36. The average Bonchev–Trinajstić information content (AvgIpc) is 3.10. The van der Waals surface area contributed by atoms with Crippen molar-refractivity contribution in [2.75, 3.05) is 36.0 Å². The van der Waals surface area contributed by atoms with Crippen molar-refractivity contribution in [2.45, 2.75) is 31.8 Å². The van der Waals surface area contributed by atoms with Gasteiger partial charge in [-0.1, -0.05) is 18.2 Å². The minimum atomic E-state index is 0.232. The molecule has 2 atom stereocenters. The van der Waals surface area contributed by atoms with E-state index in [9.17, 15) is 4.79 Å². The smallest absolute Gasteiger partial charge is 0.241 e. The molecular formula is C20H23N5O. The van der Waals surface area contributed by atoms with Gasteiger partial charge in [-0.15, -0.1) is 0 Å². The van der Waals surface area contributed by atoms with Crippen LogP contribution in [0.3, 0.4) is 0 Å². The number of piperazine rings is 1. The van der Waals surface area contributed by atoms with Gasteiger partial charge in [-0.05, 0) is 31.4 Å². The number of aryl methyl sites for hydroxylation is 1. The molecule has 0 aliphatic carbocycles. The molecule has 0 saturated carbocycles. The molecule has 26 heavy (non-hydrogen) atoms. The van der Waals surface area contributed by atoms with Gasteiger partial charge in [0.2, 0.25) is 5.91 Å². The highest BCUT2D eigenvalue weighted by atomic mass is 16.2. The lowest BCUT2D eigenvalue weighted by molar-refractivity contribution is -0.124. The van der Waals surface area contributed by atoms with Crippen LogP contribution in [0.1, 0.15) is 17.7 Å². The van der Waals surface area contributed by atoms with E-state index in [4.69, 9.17) is 0 Å². The zero-order valence-corrected chi connectivity index (χ0v) is 15.0. The molecule has 5 heterocycles. The highest BCUT2D eigenvalue weighted by molar-refractivity contribution is 5.96. The second-order valence-corrected chi connectivity index (χ2v) is 7.56. The Labute approximate surface area is 153 Å². The highest BCUT2D eigenvalue weighted by Crippen LogP contribution is 2.35. The number of para-hydroxylation sites is 1. The molecule has 1 aromatic carbocycles. The molecular weight excluding hydrogens is 326 g/mol. The quantitative estimate of drug-likeness (QED) is 0.843. The van der Waals surface area contributed by atoms with Gasteiger partial charge < -0.3 is 9.80 Å². The van der Waals surface area contributed by atoms with Crippen molar-refractivity contribution >= 4 is 17.4 Å². The second-order valence-electron chi connectivity index (χ2n) is 7.56. The molecule has 4 aliphatic rings. The summed E-state index contributed by atoms with van der Waals surface area (Å²) in [5, 5.41) is 0. The van der Waals surface area contributed by atoms with Crippen LogP contribution < -0.4 is 9.80 Å². The van der Waals surface area contributed by atoms with Crippen LogP contribution in [-0.4, -0.2) is 59.0 Å². The molecule has 2 aromatic rings. The van der Waals surface area contributed by atoms with Crippen LogP contribution in [0.25, 0.3) is 0 Å². The number of hydrogen-bond donors (Lipinski definition) is 0. The molecule has 6 rings (SSSR count). The topological polar surface area (TPSA) is 52.6 Å². The Hall–Kier alpha value is -2.47. The number of carbonyl (C=O) groups is 1. The number of aromatic nitrogens is 2. The van der Waals surface area contributed by atoms with E-state index >= 15 is 0 Å². The maximum Gasteiger partial charge on any atom is 0.241 e. The summed E-state index contributed by atoms with van der Waals surface area (Å²) in [6.45, 7) is 5.22. The van der Waals surface area contributed by atoms with Crippen molar-refractivity contribution < 1.29 is 4.79 Å². The van der Waals surface area contributed by atoms with E-state index in [0.29, 0.717) is 18.6 Å². The molecule has 4 aliphatic heterocycles. The summed E-state index contributed by atoms with van der Waals surface area (Å²) in [5.74, 6) is 1.24. The lowest BCUT2D eigenvalue weighted by Gasteiger charge is -2.56. The normalized spacial score (nSPS) is 24.3. The molecule has 134 valence electrons. The van der Waals surface area contributed by atoms with Crippen molar-refractivity contribution in [3.05, 3.63) is 47.9 Å². The number of piperidine rings is 1. The molecule has 2 bridgehead atoms. The summed E-state index contributed by atoms with van der Waals surface area (Å²) in [5.41, 5.74) is 3.38. The largest absolute Gasteiger partial charge is 0.353 e. The third-order valence-electron chi connectivity index (χ3n) is 5.96. The third-order valence-corrected chi connectivity index (χ3v) is 5.96. The number of amides is 1. The van der Waals surface area contributed by atoms with Crippen molar-refractivity contribution in [3.63, 3.8) is 0 Å². The Balaban J connectivity index is 1.25. The van der Waals surface area contributed by atoms with Crippen molar-refractivity contribution in [1.82, 2.24) is 14.9 Å². The second kappa shape index (κ2) is 6.06. The van der Waals surface area contributed by atoms with Crippen LogP contribution in [0.2, 0.25) is 0 Å². The van der Waals surface area contributed by atoms with Gasteiger partial charge in [0.15, 0.2) is 0 Å². The van der Waals surface area contributed by atoms with Gasteiger partial charge in [0.1, 0.15) is 12.1 Å². The number of hydrogen-bond acceptors (Lipinski definition) is 5. The first kappa shape index (κ1) is 15.8. The summed E-state index contributed by atoms with van der Waals surface area (Å²) in [6, 6.07) is 11.2. The van der Waals surface area contributed by atoms with Gasteiger partial charge in [0.05, 0.1) is 6.54 Å². The number of anilines is 2. The van der Waals surface area contributed by atoms with Crippen LogP contribution in [-0.2, 0) is 11.2 Å². The van der Waals surface area contributed by atoms with Crippen LogP contribution >= 0.6 is 0 Å². The number of rotatable bonds is 3. The molecule has 1 aromatic heterocycles. The van der Waals surface area contributed by atoms with Crippen molar-refractivity contribution in [3.8, 4) is 0 Å². The van der Waals surface area contributed by atoms with Gasteiger partial charge in [-0.3, -0.25) is 9.69 Å². The molecule has 3 fully saturated rings. The lowest BCUT2D eigenvalue weighted by Crippen LogP contribution is -2.70. The first-order valence-electron chi connectivity index (χ1n) is 9.36. The third kappa shape index (κ3) is 2.56. The van der Waals surface area contributed by atoms with Crippen molar-refractivity contribution in [2.24, 2.45) is 0 Å². The molecule has 1 amide bonds. The molecule has 2 unspecified atom stereocenters. The lowest BCUT2D eigenvalue weighted by atomic mass is 9.87. The summed E-state index contributed by atoms with van der Waals surface area (Å²) in [7, 11) is 0. The molecule has 6 nitrogen and oxygen atoms in total. The van der Waals surface area contributed by atoms with E-state index in [-0.39, 0.29) is 5.91 Å². The van der Waals surface area contributed by atoms with Gasteiger partial charge >= 0.3 is 0 Å². The zero-order valence-electron chi connectivity index (χ0n) is 15.0. The summed E-state index contributed by atoms with van der Waals surface area (Å²) in [6.07, 6.45) is 3.79. The maximum absolute atomic E-state index is 12.9. The fraction of sp³-hybridized carbons (Fsp3) is 0.450. The van der Waals surface area contributed by atoms with Gasteiger partial charge in [0.25, 0.3) is 0 Å². The molecule has 0 radical (unpaired) electrons. The molecule has 0 N–H and O–H groups in total. The van der Waals surface area contributed by atoms with Crippen LogP contribution in [0.4, 0.5) is 11.5 Å². The van der Waals surface area contributed by atoms with E-state index in [0.717, 1.165) is 43.3 Å². The van der Waals surface area contributed by atoms with E-state index in [2.05, 4.69) is 38.0 Å². The number of carbonyl (C=O) groups excluding carboxylic acids is 1. The molecule has 0 spiro atoms. The minimum Gasteiger partial charge on any atom is -0.353 e. The summed E-state index contributed by atoms with van der Waals surface area (Å²) >= 11 is 0. The Morgan fingerprint density at radius 2 is 2.00 bits per heavy atom. The first-order chi connectivity index (χ1) is 12.7. The number of nitrogens with zero attached hydrogens (tertiary/aromatic N) is 5. The predicted molar refractivity (Wildman–Crippen MR) is 100 cm³/mol. The minimum absolute atomic E-state index is 0.232. The van der Waals surface area contributed by atoms with Crippen LogP contribution in [0.5, 0.6) is 0 Å². The van der Waals surface area contributed by atoms with Crippen LogP contribution in [0, 0.1) is 6.92 Å². The fourth-order valence-corrected chi connectivity index (χ4v) is 4.58. The number of benzene rings is 1. The zero-order chi connectivity index (χ0) is 17.7. The predicted octanol–water partition coefficient (Wildman–Crippen LogP) is 1.64. The van der Waals surface area contributed by atoms with Gasteiger partial charge in [-0.2, -0.15) is 0 Å². The Morgan fingerprint density at radius 3 is 2.81 bits per heavy atom. The molecule has 6 heteroatoms. The maximum atomic E-state index is 12.9. The Bertz CT molecular complexity index is 842. The van der Waals surface area contributed by atoms with Crippen molar-refractivity contribution in [1.29, 1.82) is 0 Å².